The smallest absolute Gasteiger partial charge is 0.274 e. The number of fused-ring (bicyclic) bond motifs is 3. The second kappa shape index (κ2) is 4.90. The van der Waals surface area contributed by atoms with Gasteiger partial charge in [0.05, 0.1) is 6.54 Å². The quantitative estimate of drug-likeness (QED) is 0.820. The number of sulfonamides is 1. The summed E-state index contributed by atoms with van der Waals surface area (Å²) in [4.78, 5) is 2.31. The Balaban J connectivity index is 1.74. The van der Waals surface area contributed by atoms with Crippen molar-refractivity contribution >= 4 is 10.0 Å². The molecule has 3 saturated heterocycles. The summed E-state index contributed by atoms with van der Waals surface area (Å²) in [7, 11) is -3.57. The minimum absolute atomic E-state index is 0.000994. The van der Waals surface area contributed by atoms with Crippen LogP contribution in [0, 0.1) is 5.92 Å². The summed E-state index contributed by atoms with van der Waals surface area (Å²) in [5.74, 6) is 0.929. The van der Waals surface area contributed by atoms with Gasteiger partial charge in [0, 0.05) is 12.6 Å². The Morgan fingerprint density at radius 1 is 1.37 bits per heavy atom. The van der Waals surface area contributed by atoms with Crippen LogP contribution in [0.3, 0.4) is 0 Å². The average molecular weight is 285 g/mol. The molecule has 3 N–H and O–H groups in total. The fourth-order valence-corrected chi connectivity index (χ4v) is 4.21. The van der Waals surface area contributed by atoms with Crippen molar-refractivity contribution in [2.45, 2.75) is 30.5 Å². The van der Waals surface area contributed by atoms with Crippen LogP contribution in [0.2, 0.25) is 0 Å². The van der Waals surface area contributed by atoms with Crippen LogP contribution >= 0.6 is 0 Å². The Morgan fingerprint density at radius 2 is 2.11 bits per heavy atom. The third kappa shape index (κ3) is 2.55. The molecule has 1 atom stereocenters. The lowest BCUT2D eigenvalue weighted by Gasteiger charge is -2.44. The van der Waals surface area contributed by atoms with Gasteiger partial charge in [0.1, 0.15) is 5.76 Å². The van der Waals surface area contributed by atoms with Gasteiger partial charge in [0.25, 0.3) is 10.0 Å². The molecule has 7 heteroatoms. The Labute approximate surface area is 113 Å². The molecule has 0 amide bonds. The molecule has 2 bridgehead atoms. The van der Waals surface area contributed by atoms with E-state index < -0.39 is 10.0 Å². The Kier molecular flexibility index (Phi) is 3.38. The lowest BCUT2D eigenvalue weighted by atomic mass is 9.85. The van der Waals surface area contributed by atoms with E-state index >= 15 is 0 Å². The van der Waals surface area contributed by atoms with Crippen LogP contribution in [0.25, 0.3) is 0 Å². The molecule has 19 heavy (non-hydrogen) atoms. The minimum atomic E-state index is -3.57. The number of nitrogens with two attached hydrogens (primary N) is 1. The predicted molar refractivity (Wildman–Crippen MR) is 69.9 cm³/mol. The zero-order valence-electron chi connectivity index (χ0n) is 10.7. The van der Waals surface area contributed by atoms with E-state index in [0.29, 0.717) is 11.7 Å². The largest absolute Gasteiger partial charge is 0.447 e. The summed E-state index contributed by atoms with van der Waals surface area (Å²) in [6.45, 7) is 3.17. The average Bonchev–Trinajstić information content (AvgIpc) is 2.89. The number of rotatable bonds is 4. The topological polar surface area (TPSA) is 88.6 Å². The van der Waals surface area contributed by atoms with Gasteiger partial charge >= 0.3 is 0 Å². The molecular formula is C12H19N3O3S. The van der Waals surface area contributed by atoms with Crippen LogP contribution in [-0.2, 0) is 16.6 Å². The molecule has 106 valence electrons. The highest BCUT2D eigenvalue weighted by Gasteiger charge is 2.37. The molecule has 0 aromatic carbocycles. The van der Waals surface area contributed by atoms with Crippen molar-refractivity contribution < 1.29 is 12.8 Å². The molecule has 1 aromatic rings. The zero-order chi connectivity index (χ0) is 13.5. The predicted octanol–water partition coefficient (Wildman–Crippen LogP) is 0.111. The van der Waals surface area contributed by atoms with E-state index in [1.165, 1.54) is 6.07 Å². The first-order valence-electron chi connectivity index (χ1n) is 6.62. The van der Waals surface area contributed by atoms with Gasteiger partial charge in [-0.1, -0.05) is 0 Å². The van der Waals surface area contributed by atoms with Crippen LogP contribution in [0.1, 0.15) is 18.6 Å². The van der Waals surface area contributed by atoms with Crippen LogP contribution in [-0.4, -0.2) is 39.0 Å². The monoisotopic (exact) mass is 285 g/mol. The summed E-state index contributed by atoms with van der Waals surface area (Å²) in [5, 5.41) is -0.0376. The van der Waals surface area contributed by atoms with Gasteiger partial charge < -0.3 is 15.1 Å². The normalized spacial score (nSPS) is 30.7. The second-order valence-electron chi connectivity index (χ2n) is 5.29. The van der Waals surface area contributed by atoms with E-state index in [0.717, 1.165) is 32.5 Å². The zero-order valence-corrected chi connectivity index (χ0v) is 11.5. The molecule has 0 radical (unpaired) electrons. The Morgan fingerprint density at radius 3 is 2.63 bits per heavy atom. The third-order valence-electron chi connectivity index (χ3n) is 4.07. The van der Waals surface area contributed by atoms with Crippen molar-refractivity contribution in [3.05, 3.63) is 17.9 Å². The second-order valence-corrected chi connectivity index (χ2v) is 6.94. The molecule has 4 rings (SSSR count). The minimum Gasteiger partial charge on any atom is -0.447 e. The van der Waals surface area contributed by atoms with E-state index in [1.54, 1.807) is 6.07 Å². The number of nitrogens with zero attached hydrogens (tertiary/aromatic N) is 1. The molecule has 3 fully saturated rings. The molecule has 3 aliphatic heterocycles. The molecule has 0 saturated carbocycles. The SMILES string of the molecule is NCc1ccc(S(=O)(=O)NC2CN3CCC2CC3)o1. The highest BCUT2D eigenvalue weighted by atomic mass is 32.2. The van der Waals surface area contributed by atoms with Crippen molar-refractivity contribution in [2.75, 3.05) is 19.6 Å². The first-order valence-corrected chi connectivity index (χ1v) is 8.10. The number of nitrogens with one attached hydrogen (secondary N) is 1. The standard InChI is InChI=1S/C12H19N3O3S/c13-7-10-1-2-12(18-10)19(16,17)14-11-8-15-5-3-9(11)4-6-15/h1-2,9,11,14H,3-8,13H2. The summed E-state index contributed by atoms with van der Waals surface area (Å²) in [5.41, 5.74) is 5.42. The van der Waals surface area contributed by atoms with E-state index in [1.807, 2.05) is 0 Å². The molecule has 0 aliphatic carbocycles. The molecule has 1 unspecified atom stereocenters. The summed E-state index contributed by atoms with van der Waals surface area (Å²) in [6, 6.07) is 3.07. The Hall–Kier alpha value is -0.890. The maximum atomic E-state index is 12.2. The van der Waals surface area contributed by atoms with Gasteiger partial charge in [-0.15, -0.1) is 0 Å². The number of hydrogen-bond donors (Lipinski definition) is 2. The fourth-order valence-electron chi connectivity index (χ4n) is 2.97. The maximum Gasteiger partial charge on any atom is 0.274 e. The van der Waals surface area contributed by atoms with Crippen molar-refractivity contribution in [2.24, 2.45) is 11.7 Å². The van der Waals surface area contributed by atoms with Gasteiger partial charge in [0.2, 0.25) is 5.09 Å². The van der Waals surface area contributed by atoms with E-state index in [2.05, 4.69) is 9.62 Å². The lowest BCUT2D eigenvalue weighted by molar-refractivity contribution is 0.0825. The van der Waals surface area contributed by atoms with Gasteiger partial charge in [-0.3, -0.25) is 0 Å². The van der Waals surface area contributed by atoms with Crippen molar-refractivity contribution in [1.29, 1.82) is 0 Å². The van der Waals surface area contributed by atoms with Crippen LogP contribution in [0.15, 0.2) is 21.6 Å². The first kappa shape index (κ1) is 13.1. The highest BCUT2D eigenvalue weighted by Crippen LogP contribution is 2.28. The molecule has 4 heterocycles. The highest BCUT2D eigenvalue weighted by molar-refractivity contribution is 7.89. The summed E-state index contributed by atoms with van der Waals surface area (Å²) in [6.07, 6.45) is 2.14. The number of hydrogen-bond acceptors (Lipinski definition) is 5. The van der Waals surface area contributed by atoms with Crippen LogP contribution in [0.5, 0.6) is 0 Å². The molecule has 0 spiro atoms. The van der Waals surface area contributed by atoms with Gasteiger partial charge in [-0.2, -0.15) is 0 Å². The third-order valence-corrected chi connectivity index (χ3v) is 5.43. The van der Waals surface area contributed by atoms with Gasteiger partial charge in [-0.25, -0.2) is 13.1 Å². The molecular weight excluding hydrogens is 266 g/mol. The van der Waals surface area contributed by atoms with Crippen molar-refractivity contribution in [1.82, 2.24) is 9.62 Å². The molecule has 6 nitrogen and oxygen atoms in total. The van der Waals surface area contributed by atoms with Crippen molar-refractivity contribution in [3.8, 4) is 0 Å². The first-order chi connectivity index (χ1) is 9.08. The summed E-state index contributed by atoms with van der Waals surface area (Å²) >= 11 is 0. The van der Waals surface area contributed by atoms with Gasteiger partial charge in [-0.05, 0) is 44.0 Å². The van der Waals surface area contributed by atoms with Gasteiger partial charge in [0.15, 0.2) is 0 Å². The van der Waals surface area contributed by atoms with E-state index in [4.69, 9.17) is 10.2 Å². The maximum absolute atomic E-state index is 12.2. The van der Waals surface area contributed by atoms with Crippen LogP contribution in [0.4, 0.5) is 0 Å². The van der Waals surface area contributed by atoms with E-state index in [-0.39, 0.29) is 17.7 Å². The lowest BCUT2D eigenvalue weighted by Crippen LogP contribution is -2.57. The van der Waals surface area contributed by atoms with E-state index in [9.17, 15) is 8.42 Å². The molecule has 3 aliphatic rings. The number of furan rings is 1. The summed E-state index contributed by atoms with van der Waals surface area (Å²) < 4.78 is 32.5. The van der Waals surface area contributed by atoms with Crippen molar-refractivity contribution in [3.63, 3.8) is 0 Å². The van der Waals surface area contributed by atoms with Crippen LogP contribution < -0.4 is 10.5 Å². The molecule has 1 aromatic heterocycles. The number of piperidine rings is 3. The fraction of sp³-hybridized carbons (Fsp3) is 0.667. The Bertz CT molecular complexity index is 546.